The maximum Gasteiger partial charge on any atom is 0.338 e. The van der Waals surface area contributed by atoms with Gasteiger partial charge in [0.05, 0.1) is 11.3 Å². The van der Waals surface area contributed by atoms with Crippen LogP contribution in [0.25, 0.3) is 11.4 Å². The Morgan fingerprint density at radius 1 is 1.07 bits per heavy atom. The Kier molecular flexibility index (Phi) is 6.12. The third kappa shape index (κ3) is 5.74. The molecule has 0 atom stereocenters. The summed E-state index contributed by atoms with van der Waals surface area (Å²) in [4.78, 5) is 16.4. The predicted octanol–water partition coefficient (Wildman–Crippen LogP) is 3.76. The summed E-state index contributed by atoms with van der Waals surface area (Å²) in [5.41, 5.74) is 2.95. The normalized spacial score (nSPS) is 11.6. The standard InChI is InChI=1S/C21H22N2O5S/c1-14(2)16-8-10-17(11-9-16)20-22-19(28-23-20)12-27-21(24)18-6-4-15(5-7-18)13-29(3,25)26/h4-11,14H,12-13H2,1-3H3. The summed E-state index contributed by atoms with van der Waals surface area (Å²) >= 11 is 0. The Morgan fingerprint density at radius 2 is 1.72 bits per heavy atom. The molecule has 3 aromatic rings. The smallest absolute Gasteiger partial charge is 0.338 e. The number of carbonyl (C=O) groups excluding carboxylic acids is 1. The Labute approximate surface area is 169 Å². The summed E-state index contributed by atoms with van der Waals surface area (Å²) in [6.07, 6.45) is 1.16. The Balaban J connectivity index is 1.59. The van der Waals surface area contributed by atoms with Gasteiger partial charge in [-0.05, 0) is 29.2 Å². The molecule has 3 rings (SSSR count). The fourth-order valence-electron chi connectivity index (χ4n) is 2.70. The van der Waals surface area contributed by atoms with Crippen LogP contribution in [-0.4, -0.2) is 30.8 Å². The number of hydrogen-bond donors (Lipinski definition) is 0. The first-order valence-corrected chi connectivity index (χ1v) is 11.1. The SMILES string of the molecule is CC(C)c1ccc(-c2noc(COC(=O)c3ccc(CS(C)(=O)=O)cc3)n2)cc1. The van der Waals surface area contributed by atoms with Gasteiger partial charge in [-0.1, -0.05) is 55.4 Å². The van der Waals surface area contributed by atoms with Crippen LogP contribution >= 0.6 is 0 Å². The van der Waals surface area contributed by atoms with Gasteiger partial charge in [-0.25, -0.2) is 13.2 Å². The van der Waals surface area contributed by atoms with Gasteiger partial charge in [-0.3, -0.25) is 0 Å². The van der Waals surface area contributed by atoms with Crippen molar-refractivity contribution in [3.05, 3.63) is 71.1 Å². The van der Waals surface area contributed by atoms with Gasteiger partial charge in [0.1, 0.15) is 0 Å². The highest BCUT2D eigenvalue weighted by Crippen LogP contribution is 2.20. The fraction of sp³-hybridized carbons (Fsp3) is 0.286. The lowest BCUT2D eigenvalue weighted by atomic mass is 10.0. The van der Waals surface area contributed by atoms with Crippen LogP contribution in [0.1, 0.15) is 47.1 Å². The van der Waals surface area contributed by atoms with Gasteiger partial charge in [-0.2, -0.15) is 4.98 Å². The Morgan fingerprint density at radius 3 is 2.31 bits per heavy atom. The average Bonchev–Trinajstić information content (AvgIpc) is 3.14. The molecule has 29 heavy (non-hydrogen) atoms. The Hall–Kier alpha value is -3.00. The van der Waals surface area contributed by atoms with E-state index in [0.29, 0.717) is 22.9 Å². The molecule has 0 saturated carbocycles. The van der Waals surface area contributed by atoms with Crippen LogP contribution in [-0.2, 0) is 26.9 Å². The number of hydrogen-bond acceptors (Lipinski definition) is 7. The maximum absolute atomic E-state index is 12.2. The molecule has 0 N–H and O–H groups in total. The van der Waals surface area contributed by atoms with Gasteiger partial charge in [0.2, 0.25) is 5.82 Å². The lowest BCUT2D eigenvalue weighted by Crippen LogP contribution is -2.06. The molecule has 0 aliphatic rings. The third-order valence-corrected chi connectivity index (χ3v) is 5.11. The van der Waals surface area contributed by atoms with Crippen LogP contribution in [0.5, 0.6) is 0 Å². The zero-order valence-corrected chi connectivity index (χ0v) is 17.3. The second-order valence-electron chi connectivity index (χ2n) is 7.13. The van der Waals surface area contributed by atoms with Gasteiger partial charge in [0, 0.05) is 11.8 Å². The molecule has 0 radical (unpaired) electrons. The van der Waals surface area contributed by atoms with Crippen molar-refractivity contribution in [3.8, 4) is 11.4 Å². The van der Waals surface area contributed by atoms with E-state index in [1.54, 1.807) is 12.1 Å². The largest absolute Gasteiger partial charge is 0.452 e. The summed E-state index contributed by atoms with van der Waals surface area (Å²) in [5, 5.41) is 3.92. The van der Waals surface area contributed by atoms with Crippen molar-refractivity contribution in [2.75, 3.05) is 6.26 Å². The van der Waals surface area contributed by atoms with Gasteiger partial charge in [0.15, 0.2) is 16.4 Å². The van der Waals surface area contributed by atoms with E-state index in [9.17, 15) is 13.2 Å². The number of nitrogens with zero attached hydrogens (tertiary/aromatic N) is 2. The zero-order chi connectivity index (χ0) is 21.0. The number of ether oxygens (including phenoxy) is 1. The van der Waals surface area contributed by atoms with Crippen molar-refractivity contribution in [3.63, 3.8) is 0 Å². The molecule has 0 unspecified atom stereocenters. The van der Waals surface area contributed by atoms with Gasteiger partial charge in [0.25, 0.3) is 5.89 Å². The highest BCUT2D eigenvalue weighted by molar-refractivity contribution is 7.89. The molecule has 0 saturated heterocycles. The second-order valence-corrected chi connectivity index (χ2v) is 9.27. The zero-order valence-electron chi connectivity index (χ0n) is 16.5. The monoisotopic (exact) mass is 414 g/mol. The van der Waals surface area contributed by atoms with Crippen molar-refractivity contribution in [2.24, 2.45) is 0 Å². The first-order chi connectivity index (χ1) is 13.7. The van der Waals surface area contributed by atoms with Crippen molar-refractivity contribution in [1.29, 1.82) is 0 Å². The molecule has 1 heterocycles. The molecular formula is C21H22N2O5S. The van der Waals surface area contributed by atoms with E-state index >= 15 is 0 Å². The van der Waals surface area contributed by atoms with Gasteiger partial charge < -0.3 is 9.26 Å². The number of sulfone groups is 1. The van der Waals surface area contributed by atoms with E-state index in [-0.39, 0.29) is 18.3 Å². The first kappa shape index (κ1) is 20.7. The minimum absolute atomic E-state index is 0.0781. The quantitative estimate of drug-likeness (QED) is 0.543. The third-order valence-electron chi connectivity index (χ3n) is 4.25. The van der Waals surface area contributed by atoms with Crippen LogP contribution in [0, 0.1) is 0 Å². The first-order valence-electron chi connectivity index (χ1n) is 9.08. The summed E-state index contributed by atoms with van der Waals surface area (Å²) in [6.45, 7) is 4.09. The molecule has 0 aliphatic heterocycles. The molecule has 0 spiro atoms. The van der Waals surface area contributed by atoms with E-state index in [2.05, 4.69) is 24.0 Å². The molecular weight excluding hydrogens is 392 g/mol. The van der Waals surface area contributed by atoms with E-state index in [0.717, 1.165) is 11.8 Å². The summed E-state index contributed by atoms with van der Waals surface area (Å²) in [7, 11) is -3.13. The van der Waals surface area contributed by atoms with Crippen LogP contribution in [0.4, 0.5) is 0 Å². The number of rotatable bonds is 7. The molecule has 8 heteroatoms. The van der Waals surface area contributed by atoms with Crippen molar-refractivity contribution in [1.82, 2.24) is 10.1 Å². The summed E-state index contributed by atoms with van der Waals surface area (Å²) in [6, 6.07) is 14.1. The van der Waals surface area contributed by atoms with Crippen LogP contribution in [0.15, 0.2) is 53.1 Å². The fourth-order valence-corrected chi connectivity index (χ4v) is 3.50. The molecule has 1 aromatic heterocycles. The Bertz CT molecular complexity index is 1080. The van der Waals surface area contributed by atoms with Crippen molar-refractivity contribution in [2.45, 2.75) is 32.1 Å². The van der Waals surface area contributed by atoms with E-state index in [1.807, 2.05) is 24.3 Å². The maximum atomic E-state index is 12.2. The van der Waals surface area contributed by atoms with Gasteiger partial charge in [-0.15, -0.1) is 0 Å². The molecule has 0 bridgehead atoms. The van der Waals surface area contributed by atoms with Crippen LogP contribution < -0.4 is 0 Å². The van der Waals surface area contributed by atoms with Gasteiger partial charge >= 0.3 is 5.97 Å². The number of esters is 1. The molecule has 0 amide bonds. The number of benzene rings is 2. The van der Waals surface area contributed by atoms with E-state index < -0.39 is 15.8 Å². The predicted molar refractivity (Wildman–Crippen MR) is 108 cm³/mol. The lowest BCUT2D eigenvalue weighted by Gasteiger charge is -2.04. The minimum atomic E-state index is -3.13. The second kappa shape index (κ2) is 8.57. The lowest BCUT2D eigenvalue weighted by molar-refractivity contribution is 0.0430. The number of carbonyl (C=O) groups is 1. The van der Waals surface area contributed by atoms with E-state index in [4.69, 9.17) is 9.26 Å². The highest BCUT2D eigenvalue weighted by atomic mass is 32.2. The minimum Gasteiger partial charge on any atom is -0.452 e. The molecule has 0 aliphatic carbocycles. The topological polar surface area (TPSA) is 99.4 Å². The molecule has 0 fully saturated rings. The van der Waals surface area contributed by atoms with Crippen molar-refractivity contribution >= 4 is 15.8 Å². The molecule has 2 aromatic carbocycles. The van der Waals surface area contributed by atoms with E-state index in [1.165, 1.54) is 17.7 Å². The summed E-state index contributed by atoms with van der Waals surface area (Å²) < 4.78 is 33.0. The number of aromatic nitrogens is 2. The molecule has 7 nitrogen and oxygen atoms in total. The van der Waals surface area contributed by atoms with Crippen LogP contribution in [0.3, 0.4) is 0 Å². The summed E-state index contributed by atoms with van der Waals surface area (Å²) in [5.74, 6) is 0.416. The van der Waals surface area contributed by atoms with Crippen LogP contribution in [0.2, 0.25) is 0 Å². The highest BCUT2D eigenvalue weighted by Gasteiger charge is 2.13. The average molecular weight is 414 g/mol. The molecule has 152 valence electrons. The van der Waals surface area contributed by atoms with Crippen molar-refractivity contribution < 1.29 is 22.5 Å².